The summed E-state index contributed by atoms with van der Waals surface area (Å²) in [5.41, 5.74) is 2.20. The van der Waals surface area contributed by atoms with Gasteiger partial charge in [-0.2, -0.15) is 0 Å². The van der Waals surface area contributed by atoms with Crippen molar-refractivity contribution in [3.63, 3.8) is 0 Å². The number of aryl methyl sites for hydroxylation is 1. The number of Topliss-reactive ketones (excluding diaryl/α,β-unsaturated/α-hetero) is 1. The molecular formula is C22H26O5. The Bertz CT molecular complexity index is 813. The lowest BCUT2D eigenvalue weighted by Crippen LogP contribution is -2.43. The molecule has 144 valence electrons. The van der Waals surface area contributed by atoms with Crippen molar-refractivity contribution in [3.05, 3.63) is 29.3 Å². The number of carbonyl (C=O) groups excluding carboxylic acids is 3. The summed E-state index contributed by atoms with van der Waals surface area (Å²) in [6.45, 7) is 4.85. The van der Waals surface area contributed by atoms with Gasteiger partial charge in [0.2, 0.25) is 0 Å². The van der Waals surface area contributed by atoms with Crippen LogP contribution in [0.3, 0.4) is 0 Å². The first-order chi connectivity index (χ1) is 12.8. The molecule has 0 spiro atoms. The molecule has 0 aliphatic heterocycles. The summed E-state index contributed by atoms with van der Waals surface area (Å²) in [6, 6.07) is 5.95. The Labute approximate surface area is 159 Å². The molecule has 27 heavy (non-hydrogen) atoms. The fraction of sp³-hybridized carbons (Fsp3) is 0.591. The predicted molar refractivity (Wildman–Crippen MR) is 98.3 cm³/mol. The molecule has 5 nitrogen and oxygen atoms in total. The fourth-order valence-corrected chi connectivity index (χ4v) is 5.86. The van der Waals surface area contributed by atoms with Gasteiger partial charge in [-0.25, -0.2) is 0 Å². The number of carbonyl (C=O) groups is 3. The summed E-state index contributed by atoms with van der Waals surface area (Å²) in [6.07, 6.45) is 3.81. The summed E-state index contributed by atoms with van der Waals surface area (Å²) in [7, 11) is 0. The zero-order valence-corrected chi connectivity index (χ0v) is 16.1. The molecular weight excluding hydrogens is 344 g/mol. The molecule has 5 heteroatoms. The molecule has 0 aromatic heterocycles. The van der Waals surface area contributed by atoms with Crippen molar-refractivity contribution in [2.24, 2.45) is 17.3 Å². The van der Waals surface area contributed by atoms with Crippen LogP contribution in [0.1, 0.15) is 63.5 Å². The highest BCUT2D eigenvalue weighted by atomic mass is 16.5. The lowest BCUT2D eigenvalue weighted by Gasteiger charge is -2.48. The first-order valence-electron chi connectivity index (χ1n) is 9.82. The van der Waals surface area contributed by atoms with E-state index in [9.17, 15) is 14.4 Å². The first kappa shape index (κ1) is 18.2. The number of benzene rings is 1. The second-order valence-electron chi connectivity index (χ2n) is 8.52. The number of esters is 2. The summed E-state index contributed by atoms with van der Waals surface area (Å²) < 4.78 is 10.6. The van der Waals surface area contributed by atoms with Gasteiger partial charge < -0.3 is 9.47 Å². The third-order valence-electron chi connectivity index (χ3n) is 6.98. The van der Waals surface area contributed by atoms with Crippen LogP contribution in [0.15, 0.2) is 18.2 Å². The average molecular weight is 370 g/mol. The monoisotopic (exact) mass is 370 g/mol. The molecule has 0 N–H and O–H groups in total. The van der Waals surface area contributed by atoms with Crippen LogP contribution in [0.4, 0.5) is 0 Å². The molecule has 2 fully saturated rings. The molecule has 5 atom stereocenters. The van der Waals surface area contributed by atoms with Crippen LogP contribution in [0.25, 0.3) is 0 Å². The molecule has 3 aliphatic rings. The molecule has 0 bridgehead atoms. The van der Waals surface area contributed by atoms with E-state index in [-0.39, 0.29) is 29.1 Å². The normalized spacial score (nSPS) is 34.3. The van der Waals surface area contributed by atoms with Gasteiger partial charge in [-0.3, -0.25) is 14.4 Å². The van der Waals surface area contributed by atoms with Gasteiger partial charge in [0.15, 0.2) is 11.9 Å². The highest BCUT2D eigenvalue weighted by molar-refractivity contribution is 5.93. The number of fused-ring (bicyclic) bond motifs is 5. The van der Waals surface area contributed by atoms with Crippen LogP contribution < -0.4 is 4.74 Å². The maximum absolute atomic E-state index is 12.9. The van der Waals surface area contributed by atoms with Crippen molar-refractivity contribution in [2.75, 3.05) is 0 Å². The van der Waals surface area contributed by atoms with Crippen molar-refractivity contribution in [3.8, 4) is 5.75 Å². The Hall–Kier alpha value is -2.17. The average Bonchev–Trinajstić information content (AvgIpc) is 2.85. The largest absolute Gasteiger partial charge is 0.455 e. The maximum atomic E-state index is 12.9. The quantitative estimate of drug-likeness (QED) is 0.588. The molecule has 3 aliphatic carbocycles. The molecule has 1 aromatic carbocycles. The summed E-state index contributed by atoms with van der Waals surface area (Å²) in [4.78, 5) is 35.6. The molecule has 0 heterocycles. The van der Waals surface area contributed by atoms with E-state index in [1.165, 1.54) is 25.0 Å². The van der Waals surface area contributed by atoms with Crippen molar-refractivity contribution in [2.45, 2.75) is 64.9 Å². The number of hydrogen-bond donors (Lipinski definition) is 0. The minimum absolute atomic E-state index is 0.108. The van der Waals surface area contributed by atoms with Gasteiger partial charge in [0.1, 0.15) is 5.75 Å². The Morgan fingerprint density at radius 1 is 1.15 bits per heavy atom. The minimum atomic E-state index is -0.580. The summed E-state index contributed by atoms with van der Waals surface area (Å²) >= 11 is 0. The first-order valence-corrected chi connectivity index (χ1v) is 9.82. The number of ketones is 1. The van der Waals surface area contributed by atoms with Gasteiger partial charge in [-0.1, -0.05) is 13.0 Å². The molecule has 0 unspecified atom stereocenters. The van der Waals surface area contributed by atoms with Gasteiger partial charge in [-0.15, -0.1) is 0 Å². The number of rotatable bonds is 2. The van der Waals surface area contributed by atoms with E-state index in [2.05, 4.69) is 13.0 Å². The van der Waals surface area contributed by atoms with Crippen LogP contribution in [-0.4, -0.2) is 23.8 Å². The third kappa shape index (κ3) is 2.97. The highest BCUT2D eigenvalue weighted by Crippen LogP contribution is 2.60. The van der Waals surface area contributed by atoms with Crippen LogP contribution >= 0.6 is 0 Å². The Kier molecular flexibility index (Phi) is 4.36. The van der Waals surface area contributed by atoms with Gasteiger partial charge >= 0.3 is 11.9 Å². The van der Waals surface area contributed by atoms with Crippen molar-refractivity contribution >= 4 is 17.7 Å². The SMILES string of the molecule is CC(=O)Oc1ccc2c(c1)CC[C@@H]1[C@@H]2CC[C@@]2(C)C(=O)[C@H](OC(C)=O)C[C@H]12. The smallest absolute Gasteiger partial charge is 0.308 e. The van der Waals surface area contributed by atoms with Gasteiger partial charge in [-0.05, 0) is 73.1 Å². The lowest BCUT2D eigenvalue weighted by atomic mass is 9.55. The minimum Gasteiger partial charge on any atom is -0.455 e. The van der Waals surface area contributed by atoms with Gasteiger partial charge in [0, 0.05) is 19.3 Å². The van der Waals surface area contributed by atoms with E-state index in [1.54, 1.807) is 0 Å². The summed E-state index contributed by atoms with van der Waals surface area (Å²) in [5.74, 6) is 1.14. The zero-order chi connectivity index (χ0) is 19.3. The van der Waals surface area contributed by atoms with E-state index in [0.29, 0.717) is 24.0 Å². The molecule has 1 aromatic rings. The second-order valence-corrected chi connectivity index (χ2v) is 8.52. The van der Waals surface area contributed by atoms with Crippen LogP contribution in [0, 0.1) is 17.3 Å². The lowest BCUT2D eigenvalue weighted by molar-refractivity contribution is -0.153. The van der Waals surface area contributed by atoms with Crippen LogP contribution in [0.5, 0.6) is 5.75 Å². The molecule has 0 radical (unpaired) electrons. The second kappa shape index (κ2) is 6.47. The predicted octanol–water partition coefficient (Wildman–Crippen LogP) is 3.58. The Morgan fingerprint density at radius 3 is 2.63 bits per heavy atom. The molecule has 4 rings (SSSR count). The number of hydrogen-bond acceptors (Lipinski definition) is 5. The molecule has 2 saturated carbocycles. The zero-order valence-electron chi connectivity index (χ0n) is 16.1. The van der Waals surface area contributed by atoms with Gasteiger partial charge in [0.25, 0.3) is 0 Å². The third-order valence-corrected chi connectivity index (χ3v) is 6.98. The van der Waals surface area contributed by atoms with E-state index < -0.39 is 6.10 Å². The topological polar surface area (TPSA) is 69.7 Å². The van der Waals surface area contributed by atoms with E-state index >= 15 is 0 Å². The number of ether oxygens (including phenoxy) is 2. The molecule has 0 amide bonds. The van der Waals surface area contributed by atoms with E-state index in [0.717, 1.165) is 25.7 Å². The Balaban J connectivity index is 1.61. The van der Waals surface area contributed by atoms with E-state index in [4.69, 9.17) is 9.47 Å². The Morgan fingerprint density at radius 2 is 1.93 bits per heavy atom. The maximum Gasteiger partial charge on any atom is 0.308 e. The van der Waals surface area contributed by atoms with Crippen molar-refractivity contribution in [1.29, 1.82) is 0 Å². The highest BCUT2D eigenvalue weighted by Gasteiger charge is 2.59. The summed E-state index contributed by atoms with van der Waals surface area (Å²) in [5, 5.41) is 0. The van der Waals surface area contributed by atoms with E-state index in [1.807, 2.05) is 12.1 Å². The standard InChI is InChI=1S/C22H26O5/c1-12(23)26-15-5-7-16-14(10-15)4-6-18-17(16)8-9-22(3)19(18)11-20(21(22)25)27-13(2)24/h5,7,10,17-20H,4,6,8-9,11H2,1-3H3/t17-,18-,19-,20-,22-/m1/s1. The molecule has 0 saturated heterocycles. The van der Waals surface area contributed by atoms with Crippen LogP contribution in [-0.2, 0) is 25.5 Å². The fourth-order valence-electron chi connectivity index (χ4n) is 5.86. The van der Waals surface area contributed by atoms with Gasteiger partial charge in [0.05, 0.1) is 0 Å². The van der Waals surface area contributed by atoms with Crippen molar-refractivity contribution < 1.29 is 23.9 Å². The van der Waals surface area contributed by atoms with Crippen molar-refractivity contribution in [1.82, 2.24) is 0 Å². The van der Waals surface area contributed by atoms with Crippen LogP contribution in [0.2, 0.25) is 0 Å².